The maximum absolute atomic E-state index is 15.5. The monoisotopic (exact) mass is 844 g/mol. The van der Waals surface area contributed by atoms with E-state index in [4.69, 9.17) is 79.1 Å². The van der Waals surface area contributed by atoms with Crippen molar-refractivity contribution in [2.75, 3.05) is 10.6 Å². The Bertz CT molecular complexity index is 2210. The summed E-state index contributed by atoms with van der Waals surface area (Å²) in [7, 11) is 0. The summed E-state index contributed by atoms with van der Waals surface area (Å²) in [6, 6.07) is 27.4. The first-order valence-corrected chi connectivity index (χ1v) is 18.8. The van der Waals surface area contributed by atoms with Crippen LogP contribution in [0.25, 0.3) is 0 Å². The van der Waals surface area contributed by atoms with E-state index in [1.165, 1.54) is 23.7 Å². The zero-order valence-corrected chi connectivity index (χ0v) is 32.5. The van der Waals surface area contributed by atoms with Crippen LogP contribution in [0.3, 0.4) is 0 Å². The van der Waals surface area contributed by atoms with Crippen molar-refractivity contribution in [3.8, 4) is 0 Å². The van der Waals surface area contributed by atoms with Crippen molar-refractivity contribution in [3.63, 3.8) is 0 Å². The molecule has 0 saturated heterocycles. The summed E-state index contributed by atoms with van der Waals surface area (Å²) in [5.74, 6) is -1.46. The zero-order chi connectivity index (χ0) is 37.6. The van der Waals surface area contributed by atoms with Crippen LogP contribution in [0.1, 0.15) is 22.3 Å². The summed E-state index contributed by atoms with van der Waals surface area (Å²) in [5, 5.41) is 9.53. The molecule has 270 valence electrons. The smallest absolute Gasteiger partial charge is 0.267 e. The second-order valence-corrected chi connectivity index (χ2v) is 14.8. The van der Waals surface area contributed by atoms with Crippen LogP contribution in [0.5, 0.6) is 0 Å². The number of hydrogen-bond acceptors (Lipinski definition) is 7. The van der Waals surface area contributed by atoms with Gasteiger partial charge in [-0.1, -0.05) is 112 Å². The SMILES string of the molecule is O=C(Nc1ccccn1)C(OCc1ccc(Cl)c(Cl)c1)(c1ccc(Cl)cc1)C(OCc1ccc(Cl)c(Cl)c1)(C(=O)Nc1nccs1)c1ccc(Cl)cc1. The molecule has 2 N–H and O–H groups in total. The number of ether oxygens (including phenoxy) is 2. The summed E-state index contributed by atoms with van der Waals surface area (Å²) in [6.45, 7) is -0.543. The fourth-order valence-corrected chi connectivity index (χ4v) is 7.03. The molecule has 8 nitrogen and oxygen atoms in total. The van der Waals surface area contributed by atoms with Crippen LogP contribution in [0.2, 0.25) is 30.1 Å². The third-order valence-corrected chi connectivity index (χ3v) is 10.7. The molecule has 2 amide bonds. The van der Waals surface area contributed by atoms with Crippen LogP contribution < -0.4 is 10.6 Å². The van der Waals surface area contributed by atoms with Crippen LogP contribution in [0, 0.1) is 0 Å². The lowest BCUT2D eigenvalue weighted by atomic mass is 9.71. The maximum atomic E-state index is 15.5. The summed E-state index contributed by atoms with van der Waals surface area (Å²) in [5.41, 5.74) is -3.35. The minimum absolute atomic E-state index is 0.170. The van der Waals surface area contributed by atoms with Crippen LogP contribution in [-0.2, 0) is 43.5 Å². The molecule has 2 unspecified atom stereocenters. The number of carbonyl (C=O) groups excluding carboxylic acids is 2. The van der Waals surface area contributed by atoms with Gasteiger partial charge in [-0.3, -0.25) is 14.9 Å². The highest BCUT2D eigenvalue weighted by Gasteiger charge is 2.66. The lowest BCUT2D eigenvalue weighted by Crippen LogP contribution is -2.64. The van der Waals surface area contributed by atoms with Gasteiger partial charge >= 0.3 is 0 Å². The molecule has 2 atom stereocenters. The van der Waals surface area contributed by atoms with Crippen LogP contribution in [0.15, 0.2) is 121 Å². The normalized spacial score (nSPS) is 13.5. The Kier molecular flexibility index (Phi) is 12.6. The summed E-state index contributed by atoms with van der Waals surface area (Å²) in [4.78, 5) is 39.5. The van der Waals surface area contributed by atoms with Gasteiger partial charge < -0.3 is 14.8 Å². The third-order valence-electron chi connectivity index (χ3n) is 8.07. The number of pyridine rings is 1. The summed E-state index contributed by atoms with van der Waals surface area (Å²) in [6.07, 6.45) is 3.04. The molecule has 0 aliphatic carbocycles. The van der Waals surface area contributed by atoms with Crippen LogP contribution in [0.4, 0.5) is 10.9 Å². The average molecular weight is 847 g/mol. The Morgan fingerprint density at radius 3 is 1.53 bits per heavy atom. The van der Waals surface area contributed by atoms with Gasteiger partial charge in [0.1, 0.15) is 5.82 Å². The predicted octanol–water partition coefficient (Wildman–Crippen LogP) is 11.3. The van der Waals surface area contributed by atoms with Crippen LogP contribution in [-0.4, -0.2) is 21.8 Å². The number of nitrogens with one attached hydrogen (secondary N) is 2. The molecule has 53 heavy (non-hydrogen) atoms. The second-order valence-electron chi connectivity index (χ2n) is 11.4. The number of carbonyl (C=O) groups is 2. The summed E-state index contributed by atoms with van der Waals surface area (Å²) >= 11 is 39.4. The van der Waals surface area contributed by atoms with Gasteiger partial charge in [-0.15, -0.1) is 11.3 Å². The Balaban J connectivity index is 1.68. The van der Waals surface area contributed by atoms with Gasteiger partial charge in [0.2, 0.25) is 11.2 Å². The highest BCUT2D eigenvalue weighted by atomic mass is 35.5. The van der Waals surface area contributed by atoms with Crippen molar-refractivity contribution in [3.05, 3.63) is 173 Å². The van der Waals surface area contributed by atoms with E-state index in [9.17, 15) is 0 Å². The molecule has 0 bridgehead atoms. The maximum Gasteiger partial charge on any atom is 0.267 e. The highest BCUT2D eigenvalue weighted by molar-refractivity contribution is 7.13. The minimum Gasteiger partial charge on any atom is -0.352 e. The van der Waals surface area contributed by atoms with Crippen molar-refractivity contribution < 1.29 is 19.1 Å². The molecule has 0 saturated carbocycles. The van der Waals surface area contributed by atoms with Gasteiger partial charge in [0, 0.05) is 27.8 Å². The number of rotatable bonds is 13. The molecular weight excluding hydrogens is 821 g/mol. The summed E-state index contributed by atoms with van der Waals surface area (Å²) < 4.78 is 13.8. The lowest BCUT2D eigenvalue weighted by Gasteiger charge is -2.47. The first-order chi connectivity index (χ1) is 25.5. The van der Waals surface area contributed by atoms with E-state index < -0.39 is 23.0 Å². The Labute approximate surface area is 338 Å². The molecule has 2 aromatic heterocycles. The molecular formula is C38H26Cl6N4O4S. The number of anilines is 2. The highest BCUT2D eigenvalue weighted by Crippen LogP contribution is 2.50. The van der Waals surface area contributed by atoms with Crippen molar-refractivity contribution in [1.82, 2.24) is 9.97 Å². The average Bonchev–Trinajstić information content (AvgIpc) is 3.67. The third kappa shape index (κ3) is 8.49. The van der Waals surface area contributed by atoms with Gasteiger partial charge in [0.25, 0.3) is 11.8 Å². The molecule has 0 fully saturated rings. The second kappa shape index (κ2) is 17.2. The predicted molar refractivity (Wildman–Crippen MR) is 212 cm³/mol. The number of thiazole rings is 1. The van der Waals surface area contributed by atoms with Gasteiger partial charge in [0.05, 0.1) is 33.3 Å². The molecule has 0 spiro atoms. The molecule has 6 rings (SSSR count). The Morgan fingerprint density at radius 2 is 1.09 bits per heavy atom. The molecule has 0 radical (unpaired) electrons. The number of amides is 2. The van der Waals surface area contributed by atoms with Gasteiger partial charge in [-0.05, 0) is 82.9 Å². The fraction of sp³-hybridized carbons (Fsp3) is 0.105. The van der Waals surface area contributed by atoms with Gasteiger partial charge in [0.15, 0.2) is 5.13 Å². The molecule has 6 aromatic rings. The molecule has 15 heteroatoms. The fourth-order valence-electron chi connectivity index (χ4n) is 5.61. The van der Waals surface area contributed by atoms with Crippen LogP contribution >= 0.6 is 80.9 Å². The quantitative estimate of drug-likeness (QED) is 0.120. The lowest BCUT2D eigenvalue weighted by molar-refractivity contribution is -0.222. The van der Waals surface area contributed by atoms with Crippen molar-refractivity contribution in [2.45, 2.75) is 24.4 Å². The van der Waals surface area contributed by atoms with E-state index in [0.29, 0.717) is 31.2 Å². The van der Waals surface area contributed by atoms with Crippen molar-refractivity contribution in [2.24, 2.45) is 0 Å². The molecule has 0 aliphatic rings. The number of halogens is 6. The first kappa shape index (κ1) is 39.0. The number of aromatic nitrogens is 2. The molecule has 4 aromatic carbocycles. The van der Waals surface area contributed by atoms with Crippen molar-refractivity contribution in [1.29, 1.82) is 0 Å². The largest absolute Gasteiger partial charge is 0.352 e. The van der Waals surface area contributed by atoms with Gasteiger partial charge in [-0.2, -0.15) is 0 Å². The van der Waals surface area contributed by atoms with Crippen molar-refractivity contribution >= 4 is 104 Å². The van der Waals surface area contributed by atoms with E-state index in [0.717, 1.165) is 0 Å². The zero-order valence-electron chi connectivity index (χ0n) is 27.2. The standard InChI is InChI=1S/C38H26Cl6N4O4S/c39-27-10-6-25(7-11-27)37(34(49)47-33-3-1-2-16-45-33,51-21-23-4-14-29(41)31(43)19-23)38(26-8-12-28(40)13-9-26,35(50)48-36-46-17-18-53-36)52-22-24-5-15-30(42)32(44)20-24/h1-20H,21-22H2,(H,45,47,49)(H,46,48,50). The van der Waals surface area contributed by atoms with E-state index >= 15 is 9.59 Å². The van der Waals surface area contributed by atoms with E-state index in [1.54, 1.807) is 109 Å². The molecule has 2 heterocycles. The van der Waals surface area contributed by atoms with E-state index in [-0.39, 0.29) is 45.3 Å². The van der Waals surface area contributed by atoms with E-state index in [2.05, 4.69) is 20.6 Å². The first-order valence-electron chi connectivity index (χ1n) is 15.6. The topological polar surface area (TPSA) is 102 Å². The minimum atomic E-state index is -2.40. The molecule has 0 aliphatic heterocycles. The van der Waals surface area contributed by atoms with Gasteiger partial charge in [-0.25, -0.2) is 9.97 Å². The number of hydrogen-bond donors (Lipinski definition) is 2. The van der Waals surface area contributed by atoms with E-state index in [1.807, 2.05) is 0 Å². The Hall–Kier alpha value is -3.74. The number of nitrogens with zero attached hydrogens (tertiary/aromatic N) is 2. The Morgan fingerprint density at radius 1 is 0.585 bits per heavy atom. The number of benzene rings is 4.